The SMILES string of the molecule is NC(CSCNC(=O)O)C(=O)O. The molecule has 0 spiro atoms. The molecule has 0 radical (unpaired) electrons. The Bertz CT molecular complexity index is 175. The van der Waals surface area contributed by atoms with Crippen molar-refractivity contribution in [1.82, 2.24) is 5.32 Å². The minimum atomic E-state index is -1.13. The Balaban J connectivity index is 3.31. The molecular weight excluding hydrogens is 184 g/mol. The third-order valence-corrected chi connectivity index (χ3v) is 1.88. The molecule has 1 unspecified atom stereocenters. The van der Waals surface area contributed by atoms with Gasteiger partial charge in [0.25, 0.3) is 0 Å². The van der Waals surface area contributed by atoms with Gasteiger partial charge < -0.3 is 21.3 Å². The molecule has 1 atom stereocenters. The second-order valence-corrected chi connectivity index (χ2v) is 2.97. The summed E-state index contributed by atoms with van der Waals surface area (Å²) in [5, 5.41) is 18.5. The number of nitrogens with two attached hydrogens (primary N) is 1. The van der Waals surface area contributed by atoms with Crippen molar-refractivity contribution in [2.45, 2.75) is 6.04 Å². The molecule has 0 saturated heterocycles. The first-order valence-corrected chi connectivity index (χ1v) is 4.22. The zero-order chi connectivity index (χ0) is 9.56. The number of amides is 1. The highest BCUT2D eigenvalue weighted by Gasteiger charge is 2.10. The summed E-state index contributed by atoms with van der Waals surface area (Å²) in [5.74, 6) is -0.746. The van der Waals surface area contributed by atoms with E-state index < -0.39 is 18.1 Å². The molecule has 0 aliphatic carbocycles. The van der Waals surface area contributed by atoms with Gasteiger partial charge in [0.05, 0.1) is 5.88 Å². The van der Waals surface area contributed by atoms with Crippen molar-refractivity contribution in [1.29, 1.82) is 0 Å². The number of carboxylic acid groups (broad SMARTS) is 2. The van der Waals surface area contributed by atoms with Crippen molar-refractivity contribution < 1.29 is 19.8 Å². The molecule has 0 aromatic heterocycles. The molecule has 0 aliphatic heterocycles. The topological polar surface area (TPSA) is 113 Å². The summed E-state index contributed by atoms with van der Waals surface area (Å²) in [7, 11) is 0. The van der Waals surface area contributed by atoms with E-state index in [0.717, 1.165) is 11.8 Å². The van der Waals surface area contributed by atoms with E-state index in [4.69, 9.17) is 15.9 Å². The summed E-state index contributed by atoms with van der Waals surface area (Å²) in [5.41, 5.74) is 5.14. The highest BCUT2D eigenvalue weighted by atomic mass is 32.2. The molecule has 0 saturated carbocycles. The fraction of sp³-hybridized carbons (Fsp3) is 0.600. The number of carbonyl (C=O) groups is 2. The Morgan fingerprint density at radius 2 is 2.08 bits per heavy atom. The lowest BCUT2D eigenvalue weighted by atomic mass is 10.4. The van der Waals surface area contributed by atoms with Crippen LogP contribution in [0.15, 0.2) is 0 Å². The average molecular weight is 194 g/mol. The third kappa shape index (κ3) is 5.81. The molecule has 0 heterocycles. The molecule has 12 heavy (non-hydrogen) atoms. The van der Waals surface area contributed by atoms with Gasteiger partial charge in [0, 0.05) is 5.75 Å². The predicted octanol–water partition coefficient (Wildman–Crippen LogP) is -0.643. The molecule has 0 aromatic carbocycles. The molecule has 0 rings (SSSR count). The largest absolute Gasteiger partial charge is 0.480 e. The minimum absolute atomic E-state index is 0.149. The van der Waals surface area contributed by atoms with E-state index in [1.807, 2.05) is 0 Å². The second kappa shape index (κ2) is 5.67. The van der Waals surface area contributed by atoms with Crippen LogP contribution in [-0.4, -0.2) is 39.9 Å². The Kier molecular flexibility index (Phi) is 5.22. The Hall–Kier alpha value is -0.950. The molecule has 70 valence electrons. The Morgan fingerprint density at radius 1 is 1.50 bits per heavy atom. The Labute approximate surface area is 73.1 Å². The van der Waals surface area contributed by atoms with E-state index in [9.17, 15) is 9.59 Å². The lowest BCUT2D eigenvalue weighted by molar-refractivity contribution is -0.137. The summed E-state index contributed by atoms with van der Waals surface area (Å²) < 4.78 is 0. The number of rotatable bonds is 5. The van der Waals surface area contributed by atoms with Crippen molar-refractivity contribution in [3.05, 3.63) is 0 Å². The number of carboxylic acids is 1. The molecule has 5 N–H and O–H groups in total. The third-order valence-electron chi connectivity index (χ3n) is 0.940. The van der Waals surface area contributed by atoms with Gasteiger partial charge >= 0.3 is 12.1 Å². The predicted molar refractivity (Wildman–Crippen MR) is 44.1 cm³/mol. The van der Waals surface area contributed by atoms with Crippen molar-refractivity contribution in [2.24, 2.45) is 5.73 Å². The number of nitrogens with one attached hydrogen (secondary N) is 1. The molecule has 6 nitrogen and oxygen atoms in total. The first kappa shape index (κ1) is 11.1. The number of hydrogen-bond acceptors (Lipinski definition) is 4. The summed E-state index contributed by atoms with van der Waals surface area (Å²) in [6.45, 7) is 0. The Morgan fingerprint density at radius 3 is 2.50 bits per heavy atom. The van der Waals surface area contributed by atoms with Gasteiger partial charge in [-0.2, -0.15) is 0 Å². The molecule has 0 fully saturated rings. The minimum Gasteiger partial charge on any atom is -0.480 e. The standard InChI is InChI=1S/C5H10N2O4S/c6-3(4(8)9)1-12-2-7-5(10)11/h3,7H,1-2,6H2,(H,8,9)(H,10,11). The number of aliphatic carboxylic acids is 1. The lowest BCUT2D eigenvalue weighted by Crippen LogP contribution is -2.33. The second-order valence-electron chi connectivity index (χ2n) is 1.94. The van der Waals surface area contributed by atoms with Crippen LogP contribution in [0.5, 0.6) is 0 Å². The van der Waals surface area contributed by atoms with Gasteiger partial charge in [0.2, 0.25) is 0 Å². The molecule has 1 amide bonds. The molecule has 7 heteroatoms. The summed E-state index contributed by atoms with van der Waals surface area (Å²) in [6, 6.07) is -0.939. The first-order valence-electron chi connectivity index (χ1n) is 3.07. The molecule has 0 bridgehead atoms. The van der Waals surface area contributed by atoms with E-state index in [2.05, 4.69) is 5.32 Å². The summed E-state index contributed by atoms with van der Waals surface area (Å²) in [4.78, 5) is 20.1. The molecular formula is C5H10N2O4S. The maximum absolute atomic E-state index is 10.2. The highest BCUT2D eigenvalue weighted by Crippen LogP contribution is 1.98. The van der Waals surface area contributed by atoms with Crippen molar-refractivity contribution in [3.8, 4) is 0 Å². The van der Waals surface area contributed by atoms with Crippen LogP contribution >= 0.6 is 11.8 Å². The first-order chi connectivity index (χ1) is 5.54. The van der Waals surface area contributed by atoms with Crippen LogP contribution in [0.1, 0.15) is 0 Å². The lowest BCUT2D eigenvalue weighted by Gasteiger charge is -2.04. The zero-order valence-corrected chi connectivity index (χ0v) is 7.00. The van der Waals surface area contributed by atoms with Gasteiger partial charge in [-0.15, -0.1) is 11.8 Å². The van der Waals surface area contributed by atoms with Gasteiger partial charge in [-0.25, -0.2) is 4.79 Å². The smallest absolute Gasteiger partial charge is 0.405 e. The van der Waals surface area contributed by atoms with Crippen LogP contribution in [0.3, 0.4) is 0 Å². The van der Waals surface area contributed by atoms with Crippen LogP contribution in [0.25, 0.3) is 0 Å². The van der Waals surface area contributed by atoms with Crippen LogP contribution in [0.4, 0.5) is 4.79 Å². The van der Waals surface area contributed by atoms with E-state index in [1.165, 1.54) is 0 Å². The number of hydrogen-bond donors (Lipinski definition) is 4. The van der Waals surface area contributed by atoms with Crippen LogP contribution < -0.4 is 11.1 Å². The van der Waals surface area contributed by atoms with Gasteiger partial charge in [-0.05, 0) is 0 Å². The van der Waals surface area contributed by atoms with Crippen LogP contribution in [0.2, 0.25) is 0 Å². The quantitative estimate of drug-likeness (QED) is 0.342. The maximum Gasteiger partial charge on any atom is 0.405 e. The van der Waals surface area contributed by atoms with E-state index in [-0.39, 0.29) is 11.6 Å². The van der Waals surface area contributed by atoms with Gasteiger partial charge in [-0.3, -0.25) is 4.79 Å². The zero-order valence-electron chi connectivity index (χ0n) is 6.19. The summed E-state index contributed by atoms with van der Waals surface area (Å²) in [6.07, 6.45) is -1.13. The monoisotopic (exact) mass is 194 g/mol. The van der Waals surface area contributed by atoms with Crippen molar-refractivity contribution in [3.63, 3.8) is 0 Å². The van der Waals surface area contributed by atoms with Crippen LogP contribution in [0, 0.1) is 0 Å². The van der Waals surface area contributed by atoms with Gasteiger partial charge in [0.15, 0.2) is 0 Å². The van der Waals surface area contributed by atoms with Crippen LogP contribution in [-0.2, 0) is 4.79 Å². The normalized spacial score (nSPS) is 12.1. The molecule has 0 aliphatic rings. The summed E-state index contributed by atoms with van der Waals surface area (Å²) >= 11 is 1.12. The van der Waals surface area contributed by atoms with Gasteiger partial charge in [-0.1, -0.05) is 0 Å². The maximum atomic E-state index is 10.2. The average Bonchev–Trinajstić information content (AvgIpc) is 1.97. The molecule has 0 aromatic rings. The van der Waals surface area contributed by atoms with Crippen molar-refractivity contribution in [2.75, 3.05) is 11.6 Å². The highest BCUT2D eigenvalue weighted by molar-refractivity contribution is 7.99. The van der Waals surface area contributed by atoms with E-state index in [1.54, 1.807) is 0 Å². The van der Waals surface area contributed by atoms with E-state index in [0.29, 0.717) is 0 Å². The van der Waals surface area contributed by atoms with Crippen molar-refractivity contribution >= 4 is 23.8 Å². The van der Waals surface area contributed by atoms with Gasteiger partial charge in [0.1, 0.15) is 6.04 Å². The fourth-order valence-electron chi connectivity index (χ4n) is 0.370. The van der Waals surface area contributed by atoms with E-state index >= 15 is 0 Å². The fourth-order valence-corrected chi connectivity index (χ4v) is 1.11. The number of thioether (sulfide) groups is 1.